The van der Waals surface area contributed by atoms with Crippen LogP contribution in [0.2, 0.25) is 0 Å². The van der Waals surface area contributed by atoms with Crippen molar-refractivity contribution in [2.75, 3.05) is 26.4 Å². The first-order valence-corrected chi connectivity index (χ1v) is 10.5. The lowest BCUT2D eigenvalue weighted by Crippen LogP contribution is -2.46. The van der Waals surface area contributed by atoms with Crippen molar-refractivity contribution in [3.05, 3.63) is 23.9 Å². The maximum Gasteiger partial charge on any atom is 0.407 e. The van der Waals surface area contributed by atoms with Gasteiger partial charge in [0.05, 0.1) is 31.6 Å². The number of amides is 1. The standard InChI is InChI=1S/C21H29N3O6/c1-2-28-19(25)14-30-20-18(10-11-22-23-20)15-6-8-17(9-7-15)29-13-16-5-3-4-12-24(16)21(26)27/h6,10-11,16-17H,2-5,7-9,12-14H2,1H3,(H,26,27). The fourth-order valence-electron chi connectivity index (χ4n) is 3.88. The highest BCUT2D eigenvalue weighted by Crippen LogP contribution is 2.32. The zero-order valence-electron chi connectivity index (χ0n) is 17.3. The van der Waals surface area contributed by atoms with Gasteiger partial charge >= 0.3 is 12.1 Å². The second-order valence-electron chi connectivity index (χ2n) is 7.43. The van der Waals surface area contributed by atoms with Gasteiger partial charge in [0, 0.05) is 12.1 Å². The van der Waals surface area contributed by atoms with E-state index in [1.165, 1.54) is 4.90 Å². The predicted octanol–water partition coefficient (Wildman–Crippen LogP) is 2.90. The smallest absolute Gasteiger partial charge is 0.407 e. The molecule has 0 aromatic carbocycles. The molecule has 30 heavy (non-hydrogen) atoms. The molecule has 0 bridgehead atoms. The van der Waals surface area contributed by atoms with Gasteiger partial charge in [0.25, 0.3) is 0 Å². The molecule has 2 unspecified atom stereocenters. The molecule has 1 amide bonds. The van der Waals surface area contributed by atoms with Crippen LogP contribution in [0.15, 0.2) is 18.3 Å². The molecular weight excluding hydrogens is 390 g/mol. The molecule has 164 valence electrons. The molecule has 1 aromatic heterocycles. The average molecular weight is 419 g/mol. The molecule has 9 heteroatoms. The van der Waals surface area contributed by atoms with E-state index in [-0.39, 0.29) is 18.8 Å². The highest BCUT2D eigenvalue weighted by molar-refractivity contribution is 5.72. The first kappa shape index (κ1) is 22.0. The normalized spacial score (nSPS) is 21.6. The molecule has 1 aromatic rings. The van der Waals surface area contributed by atoms with Gasteiger partial charge in [0.1, 0.15) is 0 Å². The highest BCUT2D eigenvalue weighted by atomic mass is 16.6. The first-order chi connectivity index (χ1) is 14.6. The molecule has 1 saturated heterocycles. The zero-order chi connectivity index (χ0) is 21.3. The van der Waals surface area contributed by atoms with E-state index in [1.807, 2.05) is 6.07 Å². The van der Waals surface area contributed by atoms with Crippen LogP contribution in [0.4, 0.5) is 4.79 Å². The molecule has 0 radical (unpaired) electrons. The molecule has 2 aliphatic rings. The number of piperidine rings is 1. The molecule has 1 fully saturated rings. The van der Waals surface area contributed by atoms with Gasteiger partial charge in [-0.1, -0.05) is 6.08 Å². The van der Waals surface area contributed by atoms with E-state index in [1.54, 1.807) is 13.1 Å². The van der Waals surface area contributed by atoms with Gasteiger partial charge in [-0.05, 0) is 57.1 Å². The number of hydrogen-bond donors (Lipinski definition) is 1. The third-order valence-corrected chi connectivity index (χ3v) is 5.42. The summed E-state index contributed by atoms with van der Waals surface area (Å²) in [5.74, 6) is -0.131. The number of nitrogens with zero attached hydrogens (tertiary/aromatic N) is 3. The molecule has 0 spiro atoms. The fraction of sp³-hybridized carbons (Fsp3) is 0.619. The van der Waals surface area contributed by atoms with Gasteiger partial charge in [-0.3, -0.25) is 0 Å². The van der Waals surface area contributed by atoms with E-state index in [0.29, 0.717) is 25.6 Å². The summed E-state index contributed by atoms with van der Waals surface area (Å²) in [5.41, 5.74) is 1.89. The minimum atomic E-state index is -0.866. The maximum atomic E-state index is 11.5. The Bertz CT molecular complexity index is 769. The molecule has 1 aliphatic heterocycles. The van der Waals surface area contributed by atoms with E-state index < -0.39 is 12.1 Å². The summed E-state index contributed by atoms with van der Waals surface area (Å²) in [7, 11) is 0. The second-order valence-corrected chi connectivity index (χ2v) is 7.43. The van der Waals surface area contributed by atoms with E-state index in [0.717, 1.165) is 49.7 Å². The van der Waals surface area contributed by atoms with Crippen LogP contribution < -0.4 is 4.74 Å². The van der Waals surface area contributed by atoms with Gasteiger partial charge in [-0.15, -0.1) is 5.10 Å². The number of hydrogen-bond acceptors (Lipinski definition) is 7. The van der Waals surface area contributed by atoms with Crippen LogP contribution in [-0.4, -0.2) is 70.8 Å². The highest BCUT2D eigenvalue weighted by Gasteiger charge is 2.28. The van der Waals surface area contributed by atoms with E-state index in [2.05, 4.69) is 16.3 Å². The Kier molecular flexibility index (Phi) is 8.01. The van der Waals surface area contributed by atoms with Crippen molar-refractivity contribution in [3.8, 4) is 5.88 Å². The largest absolute Gasteiger partial charge is 0.465 e. The summed E-state index contributed by atoms with van der Waals surface area (Å²) in [5, 5.41) is 17.2. The number of rotatable bonds is 8. The van der Waals surface area contributed by atoms with E-state index in [4.69, 9.17) is 14.2 Å². The lowest BCUT2D eigenvalue weighted by atomic mass is 9.92. The zero-order valence-corrected chi connectivity index (χ0v) is 17.3. The van der Waals surface area contributed by atoms with Crippen LogP contribution in [0.3, 0.4) is 0 Å². The molecule has 2 heterocycles. The van der Waals surface area contributed by atoms with Crippen LogP contribution in [0.25, 0.3) is 5.57 Å². The second kappa shape index (κ2) is 10.9. The van der Waals surface area contributed by atoms with Crippen LogP contribution in [-0.2, 0) is 14.3 Å². The monoisotopic (exact) mass is 419 g/mol. The number of ether oxygens (including phenoxy) is 3. The SMILES string of the molecule is CCOC(=O)COc1nnccc1C1=CCC(OCC2CCCCN2C(=O)O)CC1. The molecular formula is C21H29N3O6. The predicted molar refractivity (Wildman–Crippen MR) is 108 cm³/mol. The van der Waals surface area contributed by atoms with Crippen LogP contribution in [0.1, 0.15) is 51.0 Å². The minimum Gasteiger partial charge on any atom is -0.465 e. The maximum absolute atomic E-state index is 11.5. The molecule has 9 nitrogen and oxygen atoms in total. The van der Waals surface area contributed by atoms with Gasteiger partial charge in [0.15, 0.2) is 6.61 Å². The Morgan fingerprint density at radius 2 is 2.17 bits per heavy atom. The van der Waals surface area contributed by atoms with Crippen molar-refractivity contribution in [2.24, 2.45) is 0 Å². The van der Waals surface area contributed by atoms with E-state index in [9.17, 15) is 14.7 Å². The van der Waals surface area contributed by atoms with Gasteiger partial charge in [-0.25, -0.2) is 9.59 Å². The minimum absolute atomic E-state index is 0.0602. The fourth-order valence-corrected chi connectivity index (χ4v) is 3.88. The molecule has 3 rings (SSSR count). The lowest BCUT2D eigenvalue weighted by Gasteiger charge is -2.34. The number of aromatic nitrogens is 2. The van der Waals surface area contributed by atoms with Gasteiger partial charge < -0.3 is 24.2 Å². The molecule has 2 atom stereocenters. The summed E-state index contributed by atoms with van der Waals surface area (Å²) in [6.45, 7) is 2.85. The van der Waals surface area contributed by atoms with Crippen molar-refractivity contribution in [1.29, 1.82) is 0 Å². The summed E-state index contributed by atoms with van der Waals surface area (Å²) in [6, 6.07) is 1.77. The molecule has 0 saturated carbocycles. The van der Waals surface area contributed by atoms with Crippen molar-refractivity contribution >= 4 is 17.6 Å². The van der Waals surface area contributed by atoms with Crippen LogP contribution >= 0.6 is 0 Å². The van der Waals surface area contributed by atoms with Crippen LogP contribution in [0.5, 0.6) is 5.88 Å². The van der Waals surface area contributed by atoms with Crippen molar-refractivity contribution in [3.63, 3.8) is 0 Å². The van der Waals surface area contributed by atoms with Crippen LogP contribution in [0, 0.1) is 0 Å². The number of allylic oxidation sites excluding steroid dienone is 1. The number of carbonyl (C=O) groups is 2. The van der Waals surface area contributed by atoms with E-state index >= 15 is 0 Å². The molecule has 1 N–H and O–H groups in total. The third kappa shape index (κ3) is 5.91. The lowest BCUT2D eigenvalue weighted by molar-refractivity contribution is -0.145. The van der Waals surface area contributed by atoms with Crippen molar-refractivity contribution in [2.45, 2.75) is 57.6 Å². The third-order valence-electron chi connectivity index (χ3n) is 5.42. The van der Waals surface area contributed by atoms with Gasteiger partial charge in [-0.2, -0.15) is 5.10 Å². The quantitative estimate of drug-likeness (QED) is 0.640. The van der Waals surface area contributed by atoms with Crippen molar-refractivity contribution < 1.29 is 28.9 Å². The summed E-state index contributed by atoms with van der Waals surface area (Å²) >= 11 is 0. The van der Waals surface area contributed by atoms with Gasteiger partial charge in [0.2, 0.25) is 5.88 Å². The summed E-state index contributed by atoms with van der Waals surface area (Å²) in [6.07, 6.45) is 8.02. The topological polar surface area (TPSA) is 111 Å². The Morgan fingerprint density at radius 1 is 1.30 bits per heavy atom. The van der Waals surface area contributed by atoms with Crippen molar-refractivity contribution in [1.82, 2.24) is 15.1 Å². The number of carboxylic acid groups (broad SMARTS) is 1. The average Bonchev–Trinajstić information content (AvgIpc) is 2.77. The Morgan fingerprint density at radius 3 is 2.90 bits per heavy atom. The summed E-state index contributed by atoms with van der Waals surface area (Å²) in [4.78, 5) is 24.4. The Labute approximate surface area is 176 Å². The first-order valence-electron chi connectivity index (χ1n) is 10.5. The Hall–Kier alpha value is -2.68. The number of likely N-dealkylation sites (tertiary alicyclic amines) is 1. The summed E-state index contributed by atoms with van der Waals surface area (Å²) < 4.78 is 16.4. The number of carbonyl (C=O) groups excluding carboxylic acids is 1. The number of esters is 1. The molecule has 1 aliphatic carbocycles. The Balaban J connectivity index is 1.54.